The normalized spacial score (nSPS) is 20.3. The smallest absolute Gasteiger partial charge is 0.225 e. The van der Waals surface area contributed by atoms with Gasteiger partial charge in [0.25, 0.3) is 0 Å². The van der Waals surface area contributed by atoms with Gasteiger partial charge in [0, 0.05) is 63.0 Å². The first-order valence-corrected chi connectivity index (χ1v) is 8.07. The Bertz CT molecular complexity index is 476. The van der Waals surface area contributed by atoms with Gasteiger partial charge in [-0.05, 0) is 12.8 Å². The molecule has 21 heavy (non-hydrogen) atoms. The molecule has 3 rings (SSSR count). The Kier molecular flexibility index (Phi) is 4.48. The van der Waals surface area contributed by atoms with Crippen LogP contribution < -0.4 is 0 Å². The molecule has 0 aromatic carbocycles. The highest BCUT2D eigenvalue weighted by Gasteiger charge is 2.31. The van der Waals surface area contributed by atoms with Crippen LogP contribution in [0.2, 0.25) is 0 Å². The number of hydrogen-bond donors (Lipinski definition) is 0. The molecular formula is C16H24N4O. The summed E-state index contributed by atoms with van der Waals surface area (Å²) in [6.07, 6.45) is 8.15. The molecular weight excluding hydrogens is 264 g/mol. The second-order valence-corrected chi connectivity index (χ2v) is 6.09. The van der Waals surface area contributed by atoms with E-state index >= 15 is 0 Å². The second kappa shape index (κ2) is 6.52. The van der Waals surface area contributed by atoms with E-state index in [0.29, 0.717) is 11.8 Å². The van der Waals surface area contributed by atoms with E-state index in [2.05, 4.69) is 26.7 Å². The average molecular weight is 288 g/mol. The highest BCUT2D eigenvalue weighted by molar-refractivity contribution is 5.79. The molecule has 1 aromatic heterocycles. The summed E-state index contributed by atoms with van der Waals surface area (Å²) in [5.74, 6) is 1.61. The van der Waals surface area contributed by atoms with Crippen LogP contribution in [0.1, 0.15) is 37.6 Å². The van der Waals surface area contributed by atoms with Gasteiger partial charge < -0.3 is 4.90 Å². The van der Waals surface area contributed by atoms with Crippen molar-refractivity contribution in [2.75, 3.05) is 26.2 Å². The lowest BCUT2D eigenvalue weighted by Crippen LogP contribution is -2.50. The third kappa shape index (κ3) is 3.40. The Morgan fingerprint density at radius 3 is 2.38 bits per heavy atom. The Labute approximate surface area is 126 Å². The lowest BCUT2D eigenvalue weighted by atomic mass is 9.84. The minimum atomic E-state index is 0.325. The van der Waals surface area contributed by atoms with Crippen LogP contribution in [0.3, 0.4) is 0 Å². The van der Waals surface area contributed by atoms with Crippen LogP contribution in [0.5, 0.6) is 0 Å². The molecule has 0 unspecified atom stereocenters. The van der Waals surface area contributed by atoms with Crippen molar-refractivity contribution in [1.82, 2.24) is 19.8 Å². The topological polar surface area (TPSA) is 49.3 Å². The summed E-state index contributed by atoms with van der Waals surface area (Å²) in [7, 11) is 0. The van der Waals surface area contributed by atoms with Gasteiger partial charge in [-0.3, -0.25) is 9.69 Å². The van der Waals surface area contributed by atoms with Gasteiger partial charge in [-0.25, -0.2) is 9.97 Å². The molecule has 2 aliphatic rings. The minimum Gasteiger partial charge on any atom is -0.340 e. The van der Waals surface area contributed by atoms with Gasteiger partial charge in [-0.15, -0.1) is 0 Å². The van der Waals surface area contributed by atoms with Gasteiger partial charge in [0.15, 0.2) is 0 Å². The first kappa shape index (κ1) is 14.4. The highest BCUT2D eigenvalue weighted by Crippen LogP contribution is 2.28. The Balaban J connectivity index is 1.47. The van der Waals surface area contributed by atoms with E-state index in [4.69, 9.17) is 0 Å². The lowest BCUT2D eigenvalue weighted by Gasteiger charge is -2.38. The molecule has 2 heterocycles. The van der Waals surface area contributed by atoms with Gasteiger partial charge in [0.1, 0.15) is 5.82 Å². The van der Waals surface area contributed by atoms with Crippen LogP contribution in [0, 0.1) is 5.92 Å². The van der Waals surface area contributed by atoms with E-state index in [1.165, 1.54) is 6.42 Å². The molecule has 0 atom stereocenters. The maximum absolute atomic E-state index is 12.2. The fraction of sp³-hybridized carbons (Fsp3) is 0.688. The van der Waals surface area contributed by atoms with Crippen molar-refractivity contribution in [1.29, 1.82) is 0 Å². The zero-order valence-electron chi connectivity index (χ0n) is 12.8. The van der Waals surface area contributed by atoms with Gasteiger partial charge in [0.2, 0.25) is 5.91 Å². The Morgan fingerprint density at radius 1 is 1.19 bits per heavy atom. The summed E-state index contributed by atoms with van der Waals surface area (Å²) >= 11 is 0. The summed E-state index contributed by atoms with van der Waals surface area (Å²) in [6.45, 7) is 6.58. The molecule has 0 radical (unpaired) electrons. The predicted octanol–water partition coefficient (Wildman–Crippen LogP) is 1.48. The van der Waals surface area contributed by atoms with Crippen molar-refractivity contribution in [3.63, 3.8) is 0 Å². The summed E-state index contributed by atoms with van der Waals surface area (Å²) < 4.78 is 0. The van der Waals surface area contributed by atoms with Crippen molar-refractivity contribution in [2.45, 2.75) is 39.2 Å². The lowest BCUT2D eigenvalue weighted by molar-refractivity contribution is -0.140. The molecule has 1 aliphatic carbocycles. The zero-order valence-corrected chi connectivity index (χ0v) is 12.8. The van der Waals surface area contributed by atoms with E-state index in [1.54, 1.807) is 0 Å². The number of nitrogens with zero attached hydrogens (tertiary/aromatic N) is 4. The average Bonchev–Trinajstić information content (AvgIpc) is 2.47. The molecule has 114 valence electrons. The molecule has 1 aliphatic heterocycles. The van der Waals surface area contributed by atoms with E-state index in [0.717, 1.165) is 63.4 Å². The first-order valence-electron chi connectivity index (χ1n) is 8.07. The standard InChI is InChI=1S/C16H24N4O/c1-2-15-17-10-13(11-18-15)12-19-6-8-20(9-7-19)16(21)14-4-3-5-14/h10-11,14H,2-9,12H2,1H3. The molecule has 5 heteroatoms. The van der Waals surface area contributed by atoms with Crippen molar-refractivity contribution in [3.05, 3.63) is 23.8 Å². The Hall–Kier alpha value is -1.49. The van der Waals surface area contributed by atoms with E-state index in [-0.39, 0.29) is 0 Å². The minimum absolute atomic E-state index is 0.325. The van der Waals surface area contributed by atoms with Crippen LogP contribution in [0.15, 0.2) is 12.4 Å². The summed E-state index contributed by atoms with van der Waals surface area (Å²) in [6, 6.07) is 0. The van der Waals surface area contributed by atoms with Crippen LogP contribution in [-0.4, -0.2) is 51.9 Å². The fourth-order valence-electron chi connectivity index (χ4n) is 2.94. The molecule has 1 saturated carbocycles. The highest BCUT2D eigenvalue weighted by atomic mass is 16.2. The SMILES string of the molecule is CCc1ncc(CN2CCN(C(=O)C3CCC3)CC2)cn1. The van der Waals surface area contributed by atoms with Crippen molar-refractivity contribution >= 4 is 5.91 Å². The fourth-order valence-corrected chi connectivity index (χ4v) is 2.94. The summed E-state index contributed by atoms with van der Waals surface area (Å²) in [5.41, 5.74) is 1.16. The predicted molar refractivity (Wildman–Crippen MR) is 80.6 cm³/mol. The summed E-state index contributed by atoms with van der Waals surface area (Å²) in [4.78, 5) is 25.3. The number of carbonyl (C=O) groups is 1. The van der Waals surface area contributed by atoms with Crippen LogP contribution in [0.4, 0.5) is 0 Å². The van der Waals surface area contributed by atoms with Crippen LogP contribution >= 0.6 is 0 Å². The summed E-state index contributed by atoms with van der Waals surface area (Å²) in [5, 5.41) is 0. The number of rotatable bonds is 4. The van der Waals surface area contributed by atoms with E-state index in [1.807, 2.05) is 12.4 Å². The number of hydrogen-bond acceptors (Lipinski definition) is 4. The molecule has 0 spiro atoms. The largest absolute Gasteiger partial charge is 0.340 e. The van der Waals surface area contributed by atoms with Gasteiger partial charge >= 0.3 is 0 Å². The van der Waals surface area contributed by atoms with Gasteiger partial charge in [-0.2, -0.15) is 0 Å². The van der Waals surface area contributed by atoms with Crippen LogP contribution in [-0.2, 0) is 17.8 Å². The number of amides is 1. The van der Waals surface area contributed by atoms with Gasteiger partial charge in [0.05, 0.1) is 0 Å². The van der Waals surface area contributed by atoms with E-state index in [9.17, 15) is 4.79 Å². The molecule has 1 amide bonds. The van der Waals surface area contributed by atoms with Crippen molar-refractivity contribution < 1.29 is 4.79 Å². The molecule has 2 fully saturated rings. The van der Waals surface area contributed by atoms with Gasteiger partial charge in [-0.1, -0.05) is 13.3 Å². The molecule has 0 bridgehead atoms. The first-order chi connectivity index (χ1) is 10.3. The second-order valence-electron chi connectivity index (χ2n) is 6.09. The third-order valence-electron chi connectivity index (χ3n) is 4.62. The third-order valence-corrected chi connectivity index (χ3v) is 4.62. The maximum Gasteiger partial charge on any atom is 0.225 e. The quantitative estimate of drug-likeness (QED) is 0.842. The molecule has 0 N–H and O–H groups in total. The molecule has 1 aromatic rings. The monoisotopic (exact) mass is 288 g/mol. The van der Waals surface area contributed by atoms with E-state index < -0.39 is 0 Å². The Morgan fingerprint density at radius 2 is 1.86 bits per heavy atom. The van der Waals surface area contributed by atoms with Crippen molar-refractivity contribution in [2.24, 2.45) is 5.92 Å². The number of carbonyl (C=O) groups excluding carboxylic acids is 1. The zero-order chi connectivity index (χ0) is 14.7. The van der Waals surface area contributed by atoms with Crippen LogP contribution in [0.25, 0.3) is 0 Å². The number of aromatic nitrogens is 2. The maximum atomic E-state index is 12.2. The molecule has 1 saturated heterocycles. The van der Waals surface area contributed by atoms with Crippen molar-refractivity contribution in [3.8, 4) is 0 Å². The number of piperazine rings is 1. The number of aryl methyl sites for hydroxylation is 1. The molecule has 5 nitrogen and oxygen atoms in total.